The van der Waals surface area contributed by atoms with Crippen molar-refractivity contribution in [1.29, 1.82) is 0 Å². The van der Waals surface area contributed by atoms with Crippen molar-refractivity contribution in [2.45, 2.75) is 31.1 Å². The molecular formula is C5H12BrN. The summed E-state index contributed by atoms with van der Waals surface area (Å²) in [6.07, 6.45) is 1.05. The molecule has 2 N–H and O–H groups in total. The molecule has 0 heterocycles. The number of alkyl halides is 1. The molecule has 0 aromatic heterocycles. The zero-order valence-corrected chi connectivity index (χ0v) is 6.40. The highest BCUT2D eigenvalue weighted by Crippen LogP contribution is 2.03. The van der Waals surface area contributed by atoms with E-state index < -0.39 is 0 Å². The van der Waals surface area contributed by atoms with Crippen LogP contribution >= 0.6 is 15.9 Å². The maximum Gasteiger partial charge on any atom is 0.0268 e. The number of hydrogen-bond donors (Lipinski definition) is 1. The summed E-state index contributed by atoms with van der Waals surface area (Å²) in [6, 6.07) is 0.319. The minimum absolute atomic E-state index is 0.319. The van der Waals surface area contributed by atoms with Gasteiger partial charge in [-0.05, 0) is 6.42 Å². The van der Waals surface area contributed by atoms with E-state index in [0.29, 0.717) is 10.9 Å². The lowest BCUT2D eigenvalue weighted by atomic mass is 10.2. The standard InChI is InChI=1S/C5H12BrN/c1-3-5(7)4(2)6/h4-5H,3,7H2,1-2H3. The van der Waals surface area contributed by atoms with E-state index in [2.05, 4.69) is 29.8 Å². The minimum Gasteiger partial charge on any atom is -0.327 e. The van der Waals surface area contributed by atoms with Gasteiger partial charge in [0.2, 0.25) is 0 Å². The maximum absolute atomic E-state index is 5.57. The van der Waals surface area contributed by atoms with Crippen molar-refractivity contribution < 1.29 is 0 Å². The van der Waals surface area contributed by atoms with Crippen molar-refractivity contribution in [3.63, 3.8) is 0 Å². The van der Waals surface area contributed by atoms with Gasteiger partial charge in [0.05, 0.1) is 0 Å². The molecule has 1 nitrogen and oxygen atoms in total. The lowest BCUT2D eigenvalue weighted by molar-refractivity contribution is 0.649. The first-order valence-electron chi connectivity index (χ1n) is 2.58. The van der Waals surface area contributed by atoms with Crippen LogP contribution in [-0.4, -0.2) is 10.9 Å². The average molecular weight is 166 g/mol. The van der Waals surface area contributed by atoms with E-state index in [1.54, 1.807) is 0 Å². The van der Waals surface area contributed by atoms with Crippen LogP contribution in [0.3, 0.4) is 0 Å². The first-order chi connectivity index (χ1) is 3.18. The van der Waals surface area contributed by atoms with Crippen molar-refractivity contribution in [2.24, 2.45) is 5.73 Å². The second-order valence-corrected chi connectivity index (χ2v) is 3.19. The van der Waals surface area contributed by atoms with E-state index in [9.17, 15) is 0 Å². The summed E-state index contributed by atoms with van der Waals surface area (Å²) in [4.78, 5) is 0.456. The molecule has 7 heavy (non-hydrogen) atoms. The summed E-state index contributed by atoms with van der Waals surface area (Å²) in [5.41, 5.74) is 5.57. The third-order valence-corrected chi connectivity index (χ3v) is 1.74. The molecule has 0 fully saturated rings. The van der Waals surface area contributed by atoms with Gasteiger partial charge in [0.25, 0.3) is 0 Å². The molecule has 0 rings (SSSR count). The third kappa shape index (κ3) is 3.06. The lowest BCUT2D eigenvalue weighted by Crippen LogP contribution is -2.26. The van der Waals surface area contributed by atoms with Gasteiger partial charge in [-0.25, -0.2) is 0 Å². The van der Waals surface area contributed by atoms with Crippen molar-refractivity contribution in [3.05, 3.63) is 0 Å². The van der Waals surface area contributed by atoms with Crippen LogP contribution in [0.5, 0.6) is 0 Å². The fourth-order valence-corrected chi connectivity index (χ4v) is 0.699. The molecule has 2 atom stereocenters. The van der Waals surface area contributed by atoms with Crippen LogP contribution in [0.1, 0.15) is 20.3 Å². The van der Waals surface area contributed by atoms with E-state index in [4.69, 9.17) is 5.73 Å². The molecule has 0 saturated carbocycles. The van der Waals surface area contributed by atoms with E-state index in [1.165, 1.54) is 0 Å². The summed E-state index contributed by atoms with van der Waals surface area (Å²) < 4.78 is 0. The first kappa shape index (κ1) is 7.44. The number of halogens is 1. The van der Waals surface area contributed by atoms with Gasteiger partial charge in [-0.2, -0.15) is 0 Å². The van der Waals surface area contributed by atoms with Crippen molar-refractivity contribution in [2.75, 3.05) is 0 Å². The van der Waals surface area contributed by atoms with E-state index in [0.717, 1.165) is 6.42 Å². The molecule has 0 spiro atoms. The molecule has 0 aromatic rings. The van der Waals surface area contributed by atoms with Gasteiger partial charge < -0.3 is 5.73 Å². The molecule has 0 aliphatic heterocycles. The Morgan fingerprint density at radius 2 is 2.14 bits per heavy atom. The van der Waals surface area contributed by atoms with Gasteiger partial charge in [0.1, 0.15) is 0 Å². The lowest BCUT2D eigenvalue weighted by Gasteiger charge is -2.09. The summed E-state index contributed by atoms with van der Waals surface area (Å²) in [7, 11) is 0. The normalized spacial score (nSPS) is 18.9. The first-order valence-corrected chi connectivity index (χ1v) is 3.49. The SMILES string of the molecule is CCC(N)C(C)Br. The Hall–Kier alpha value is 0.440. The number of nitrogens with two attached hydrogens (primary N) is 1. The molecule has 0 amide bonds. The molecule has 0 aliphatic carbocycles. The van der Waals surface area contributed by atoms with E-state index in [-0.39, 0.29) is 0 Å². The Morgan fingerprint density at radius 3 is 2.14 bits per heavy atom. The largest absolute Gasteiger partial charge is 0.327 e. The predicted octanol–water partition coefficient (Wildman–Crippen LogP) is 1.51. The summed E-state index contributed by atoms with van der Waals surface area (Å²) in [5.74, 6) is 0. The minimum atomic E-state index is 0.319. The van der Waals surface area contributed by atoms with Crippen LogP contribution in [-0.2, 0) is 0 Å². The van der Waals surface area contributed by atoms with Crippen molar-refractivity contribution >= 4 is 15.9 Å². The molecule has 44 valence electrons. The van der Waals surface area contributed by atoms with Gasteiger partial charge in [-0.3, -0.25) is 0 Å². The highest BCUT2D eigenvalue weighted by molar-refractivity contribution is 9.09. The monoisotopic (exact) mass is 165 g/mol. The third-order valence-electron chi connectivity index (χ3n) is 1.06. The Bertz CT molecular complexity index is 45.3. The highest BCUT2D eigenvalue weighted by Gasteiger charge is 2.03. The van der Waals surface area contributed by atoms with Gasteiger partial charge in [0, 0.05) is 10.9 Å². The highest BCUT2D eigenvalue weighted by atomic mass is 79.9. The van der Waals surface area contributed by atoms with Gasteiger partial charge in [-0.15, -0.1) is 0 Å². The Balaban J connectivity index is 3.14. The van der Waals surface area contributed by atoms with E-state index in [1.807, 2.05) is 0 Å². The number of rotatable bonds is 2. The molecule has 0 bridgehead atoms. The van der Waals surface area contributed by atoms with Crippen LogP contribution in [0.2, 0.25) is 0 Å². The van der Waals surface area contributed by atoms with Crippen LogP contribution in [0, 0.1) is 0 Å². The quantitative estimate of drug-likeness (QED) is 0.618. The van der Waals surface area contributed by atoms with Crippen molar-refractivity contribution in [3.8, 4) is 0 Å². The van der Waals surface area contributed by atoms with Crippen LogP contribution in [0.25, 0.3) is 0 Å². The van der Waals surface area contributed by atoms with Crippen LogP contribution in [0.15, 0.2) is 0 Å². The average Bonchev–Trinajstić information content (AvgIpc) is 1.65. The predicted molar refractivity (Wildman–Crippen MR) is 36.7 cm³/mol. The Kier molecular flexibility index (Phi) is 3.66. The maximum atomic E-state index is 5.57. The van der Waals surface area contributed by atoms with Gasteiger partial charge in [-0.1, -0.05) is 29.8 Å². The molecule has 2 heteroatoms. The summed E-state index contributed by atoms with van der Waals surface area (Å²) in [6.45, 7) is 4.15. The fourth-order valence-electron chi connectivity index (χ4n) is 0.325. The molecule has 0 aliphatic rings. The van der Waals surface area contributed by atoms with E-state index >= 15 is 0 Å². The Labute approximate surface area is 53.4 Å². The topological polar surface area (TPSA) is 26.0 Å². The molecule has 0 radical (unpaired) electrons. The summed E-state index contributed by atoms with van der Waals surface area (Å²) >= 11 is 3.37. The second kappa shape index (κ2) is 3.44. The van der Waals surface area contributed by atoms with Gasteiger partial charge >= 0.3 is 0 Å². The smallest absolute Gasteiger partial charge is 0.0268 e. The Morgan fingerprint density at radius 1 is 1.71 bits per heavy atom. The second-order valence-electron chi connectivity index (χ2n) is 1.75. The molecule has 0 saturated heterocycles. The van der Waals surface area contributed by atoms with Crippen molar-refractivity contribution in [1.82, 2.24) is 0 Å². The van der Waals surface area contributed by atoms with Gasteiger partial charge in [0.15, 0.2) is 0 Å². The molecule has 2 unspecified atom stereocenters. The fraction of sp³-hybridized carbons (Fsp3) is 1.00. The molecular weight excluding hydrogens is 154 g/mol. The van der Waals surface area contributed by atoms with Crippen LogP contribution < -0.4 is 5.73 Å². The number of hydrogen-bond acceptors (Lipinski definition) is 1. The summed E-state index contributed by atoms with van der Waals surface area (Å²) in [5, 5.41) is 0. The zero-order chi connectivity index (χ0) is 5.86. The zero-order valence-electron chi connectivity index (χ0n) is 4.82. The molecule has 0 aromatic carbocycles. The van der Waals surface area contributed by atoms with Crippen LogP contribution in [0.4, 0.5) is 0 Å².